The molecule has 11 rings (SSSR count). The van der Waals surface area contributed by atoms with Crippen LogP contribution in [-0.2, 0) is 13.1 Å². The normalized spacial score (nSPS) is 11.0. The van der Waals surface area contributed by atoms with Gasteiger partial charge in [0.1, 0.15) is 11.4 Å². The molecule has 0 radical (unpaired) electrons. The lowest BCUT2D eigenvalue weighted by Gasteiger charge is -2.10. The lowest BCUT2D eigenvalue weighted by molar-refractivity contribution is 0.413. The van der Waals surface area contributed by atoms with E-state index in [4.69, 9.17) is 52.8 Å². The first kappa shape index (κ1) is 44.1. The van der Waals surface area contributed by atoms with Gasteiger partial charge in [-0.1, -0.05) is 77.8 Å². The molecule has 0 amide bonds. The van der Waals surface area contributed by atoms with E-state index in [1.165, 1.54) is 0 Å². The molecule has 0 atom stereocenters. The largest absolute Gasteiger partial charge is 0.491 e. The summed E-state index contributed by atoms with van der Waals surface area (Å²) in [6, 6.07) is 39.1. The molecule has 0 unspecified atom stereocenters. The highest BCUT2D eigenvalue weighted by molar-refractivity contribution is 6.36. The third kappa shape index (κ3) is 9.60. The third-order valence-electron chi connectivity index (χ3n) is 11.0. The van der Waals surface area contributed by atoms with Crippen LogP contribution in [0.5, 0.6) is 11.5 Å². The number of halogens is 2. The Morgan fingerprint density at radius 1 is 0.536 bits per heavy atom. The Labute approximate surface area is 405 Å². The Hall–Kier alpha value is -8.73. The predicted molar refractivity (Wildman–Crippen MR) is 268 cm³/mol. The number of nitrogens with zero attached hydrogens (tertiary/aromatic N) is 12. The molecule has 16 nitrogen and oxygen atoms in total. The zero-order chi connectivity index (χ0) is 47.1. The Bertz CT molecular complexity index is 3500. The number of ether oxygens (including phenoxy) is 2. The van der Waals surface area contributed by atoms with Crippen molar-refractivity contribution in [2.24, 2.45) is 0 Å². The van der Waals surface area contributed by atoms with E-state index < -0.39 is 0 Å². The van der Waals surface area contributed by atoms with E-state index in [1.54, 1.807) is 57.6 Å². The summed E-state index contributed by atoms with van der Waals surface area (Å²) in [5, 5.41) is 23.7. The molecule has 4 aromatic carbocycles. The van der Waals surface area contributed by atoms with Gasteiger partial charge in [-0.25, -0.2) is 24.6 Å². The van der Waals surface area contributed by atoms with E-state index in [9.17, 15) is 0 Å². The van der Waals surface area contributed by atoms with Crippen LogP contribution in [0.3, 0.4) is 0 Å². The molecule has 7 aromatic heterocycles. The van der Waals surface area contributed by atoms with Crippen molar-refractivity contribution in [1.29, 1.82) is 0 Å². The summed E-state index contributed by atoms with van der Waals surface area (Å²) >= 11 is 12.8. The molecule has 340 valence electrons. The van der Waals surface area contributed by atoms with Gasteiger partial charge in [-0.2, -0.15) is 15.3 Å². The van der Waals surface area contributed by atoms with Crippen molar-refractivity contribution in [3.63, 3.8) is 0 Å². The SMILES string of the molecule is COc1cnc(-c2nn(Cc3c(Cl)cccc3Cl)c3ccccc23)nc1Nc1ccncc1.COc1cnc(-c2nn(Cc3ccc(-n4cccn4)cc3)c3ccccc23)nc1Nc1ccncc1. The first-order valence-corrected chi connectivity index (χ1v) is 22.3. The van der Waals surface area contributed by atoms with Crippen molar-refractivity contribution in [3.05, 3.63) is 192 Å². The van der Waals surface area contributed by atoms with Crippen LogP contribution in [0.1, 0.15) is 11.1 Å². The van der Waals surface area contributed by atoms with E-state index in [1.807, 2.05) is 111 Å². The fraction of sp³-hybridized carbons (Fsp3) is 0.0784. The lowest BCUT2D eigenvalue weighted by atomic mass is 10.2. The molecule has 0 bridgehead atoms. The summed E-state index contributed by atoms with van der Waals surface area (Å²) in [7, 11) is 3.17. The van der Waals surface area contributed by atoms with Crippen LogP contribution in [0, 0.1) is 0 Å². The second-order valence-corrected chi connectivity index (χ2v) is 16.1. The van der Waals surface area contributed by atoms with Gasteiger partial charge in [0.2, 0.25) is 0 Å². The molecular formula is C51H40Cl2N14O2. The molecule has 18 heteroatoms. The van der Waals surface area contributed by atoms with Crippen molar-refractivity contribution in [3.8, 4) is 40.2 Å². The summed E-state index contributed by atoms with van der Waals surface area (Å²) < 4.78 is 16.6. The molecule has 2 N–H and O–H groups in total. The Morgan fingerprint density at radius 3 is 1.54 bits per heavy atom. The van der Waals surface area contributed by atoms with Crippen LogP contribution in [0.25, 0.3) is 50.5 Å². The van der Waals surface area contributed by atoms with Gasteiger partial charge < -0.3 is 20.1 Å². The molecular weight excluding hydrogens is 912 g/mol. The van der Waals surface area contributed by atoms with Gasteiger partial charge in [0, 0.05) is 74.9 Å². The molecule has 0 aliphatic rings. The van der Waals surface area contributed by atoms with Crippen molar-refractivity contribution in [2.45, 2.75) is 13.1 Å². The van der Waals surface area contributed by atoms with Gasteiger partial charge in [0.05, 0.1) is 56.4 Å². The lowest BCUT2D eigenvalue weighted by Crippen LogP contribution is -2.04. The number of nitrogens with one attached hydrogen (secondary N) is 2. The van der Waals surface area contributed by atoms with Crippen LogP contribution < -0.4 is 20.1 Å². The number of methoxy groups -OCH3 is 2. The molecule has 0 saturated heterocycles. The predicted octanol–water partition coefficient (Wildman–Crippen LogP) is 10.9. The van der Waals surface area contributed by atoms with Gasteiger partial charge in [-0.05, 0) is 72.3 Å². The standard InChI is InChI=1S/C27H22N8O.C24H18Cl2N6O/c1-36-24-17-29-27(32-26(24)31-20-11-14-28-15-12-20)25-22-5-2-3-6-23(22)35(33-25)18-19-7-9-21(10-8-19)34-16-4-13-30-34;1-33-21-13-28-24(30-23(21)29-15-9-11-27-12-10-15)22-16-5-2-3-8-20(16)32(31-22)14-17-18(25)6-4-7-19(17)26/h2-17H,18H2,1H3,(H,28,29,31,32);2-13H,14H2,1H3,(H,27,28,29,30). The summed E-state index contributed by atoms with van der Waals surface area (Å²) in [5.41, 5.74) is 7.90. The monoisotopic (exact) mass is 950 g/mol. The second-order valence-electron chi connectivity index (χ2n) is 15.3. The van der Waals surface area contributed by atoms with Gasteiger partial charge in [-0.3, -0.25) is 19.3 Å². The van der Waals surface area contributed by atoms with Crippen molar-refractivity contribution < 1.29 is 9.47 Å². The Balaban J connectivity index is 0.000000161. The maximum Gasteiger partial charge on any atom is 0.183 e. The highest BCUT2D eigenvalue weighted by Gasteiger charge is 2.20. The van der Waals surface area contributed by atoms with Gasteiger partial charge >= 0.3 is 0 Å². The molecule has 11 aromatic rings. The molecule has 0 fully saturated rings. The average Bonchev–Trinajstić information content (AvgIpc) is 4.15. The average molecular weight is 952 g/mol. The molecule has 0 saturated carbocycles. The number of benzene rings is 4. The topological polar surface area (TPSA) is 173 Å². The van der Waals surface area contributed by atoms with Crippen LogP contribution in [0.2, 0.25) is 10.0 Å². The summed E-state index contributed by atoms with van der Waals surface area (Å²) in [5.74, 6) is 3.12. The number of fused-ring (bicyclic) bond motifs is 2. The van der Waals surface area contributed by atoms with Gasteiger partial charge in [0.25, 0.3) is 0 Å². The Morgan fingerprint density at radius 2 is 1.04 bits per heavy atom. The number of hydrogen-bond donors (Lipinski definition) is 2. The molecule has 0 aliphatic heterocycles. The smallest absolute Gasteiger partial charge is 0.183 e. The molecule has 7 heterocycles. The van der Waals surface area contributed by atoms with Gasteiger partial charge in [-0.15, -0.1) is 0 Å². The number of rotatable bonds is 13. The van der Waals surface area contributed by atoms with Crippen LogP contribution >= 0.6 is 23.2 Å². The number of anilines is 4. The van der Waals surface area contributed by atoms with E-state index in [0.29, 0.717) is 69.3 Å². The zero-order valence-corrected chi connectivity index (χ0v) is 38.5. The van der Waals surface area contributed by atoms with Crippen molar-refractivity contribution in [1.82, 2.24) is 59.2 Å². The highest BCUT2D eigenvalue weighted by atomic mass is 35.5. The maximum absolute atomic E-state index is 6.41. The maximum atomic E-state index is 6.41. The van der Waals surface area contributed by atoms with Crippen LogP contribution in [0.15, 0.2) is 171 Å². The minimum absolute atomic E-state index is 0.414. The first-order valence-electron chi connectivity index (χ1n) is 21.5. The second kappa shape index (κ2) is 20.0. The van der Waals surface area contributed by atoms with Crippen LogP contribution in [0.4, 0.5) is 23.0 Å². The zero-order valence-electron chi connectivity index (χ0n) is 37.0. The summed E-state index contributed by atoms with van der Waals surface area (Å²) in [6.45, 7) is 1.02. The summed E-state index contributed by atoms with van der Waals surface area (Å²) in [4.78, 5) is 26.7. The Kier molecular flexibility index (Phi) is 12.8. The fourth-order valence-electron chi connectivity index (χ4n) is 7.60. The van der Waals surface area contributed by atoms with Crippen LogP contribution in [-0.4, -0.2) is 73.5 Å². The minimum Gasteiger partial charge on any atom is -0.491 e. The fourth-order valence-corrected chi connectivity index (χ4v) is 8.12. The number of hydrogen-bond acceptors (Lipinski definition) is 13. The molecule has 0 spiro atoms. The van der Waals surface area contributed by atoms with Gasteiger partial charge in [0.15, 0.2) is 34.8 Å². The third-order valence-corrected chi connectivity index (χ3v) is 11.7. The first-order chi connectivity index (χ1) is 33.9. The highest BCUT2D eigenvalue weighted by Crippen LogP contribution is 2.34. The quantitative estimate of drug-likeness (QED) is 0.112. The van der Waals surface area contributed by atoms with E-state index in [2.05, 4.69) is 66.0 Å². The minimum atomic E-state index is 0.414. The molecule has 0 aliphatic carbocycles. The number of para-hydroxylation sites is 2. The van der Waals surface area contributed by atoms with Crippen molar-refractivity contribution in [2.75, 3.05) is 24.9 Å². The molecule has 69 heavy (non-hydrogen) atoms. The van der Waals surface area contributed by atoms with E-state index in [0.717, 1.165) is 50.0 Å². The number of pyridine rings is 2. The van der Waals surface area contributed by atoms with E-state index >= 15 is 0 Å². The summed E-state index contributed by atoms with van der Waals surface area (Å²) in [6.07, 6.45) is 13.8. The van der Waals surface area contributed by atoms with E-state index in [-0.39, 0.29) is 0 Å². The van der Waals surface area contributed by atoms with Crippen molar-refractivity contribution >= 4 is 68.0 Å². The number of aromatic nitrogens is 12.